The minimum Gasteiger partial charge on any atom is -0.406 e. The first-order valence-corrected chi connectivity index (χ1v) is 14.4. The van der Waals surface area contributed by atoms with E-state index < -0.39 is 6.36 Å². The van der Waals surface area contributed by atoms with Crippen molar-refractivity contribution in [2.24, 2.45) is 4.99 Å². The summed E-state index contributed by atoms with van der Waals surface area (Å²) >= 11 is 1.58. The molecule has 5 rings (SSSR count). The second kappa shape index (κ2) is 12.7. The Bertz CT molecular complexity index is 1550. The summed E-state index contributed by atoms with van der Waals surface area (Å²) in [6.45, 7) is 5.38. The highest BCUT2D eigenvalue weighted by molar-refractivity contribution is 8.14. The minimum atomic E-state index is -4.75. The Morgan fingerprint density at radius 3 is 2.55 bits per heavy atom. The first-order chi connectivity index (χ1) is 20.2. The molecule has 1 unspecified atom stereocenters. The van der Waals surface area contributed by atoms with Crippen molar-refractivity contribution in [3.8, 4) is 22.8 Å². The van der Waals surface area contributed by atoms with Crippen LogP contribution in [0.15, 0.2) is 84.1 Å². The number of hydrogen-bond donors (Lipinski definition) is 1. The van der Waals surface area contributed by atoms with Crippen LogP contribution in [0.3, 0.4) is 0 Å². The van der Waals surface area contributed by atoms with Crippen molar-refractivity contribution in [1.29, 1.82) is 0 Å². The molecule has 1 N–H and O–H groups in total. The molecule has 2 heterocycles. The average Bonchev–Trinajstić information content (AvgIpc) is 3.66. The number of carbonyl (C=O) groups excluding carboxylic acids is 1. The monoisotopic (exact) mass is 594 g/mol. The van der Waals surface area contributed by atoms with Crippen LogP contribution in [0, 0.1) is 0 Å². The van der Waals surface area contributed by atoms with Crippen molar-refractivity contribution in [2.45, 2.75) is 32.5 Å². The Labute approximate surface area is 245 Å². The van der Waals surface area contributed by atoms with Crippen LogP contribution in [0.4, 0.5) is 23.7 Å². The van der Waals surface area contributed by atoms with E-state index in [0.717, 1.165) is 35.5 Å². The van der Waals surface area contributed by atoms with Gasteiger partial charge in [-0.25, -0.2) is 14.5 Å². The van der Waals surface area contributed by atoms with Gasteiger partial charge in [-0.05, 0) is 53.8 Å². The molecule has 218 valence electrons. The molecule has 1 aromatic heterocycles. The van der Waals surface area contributed by atoms with Crippen molar-refractivity contribution in [3.05, 3.63) is 90.3 Å². The summed E-state index contributed by atoms with van der Waals surface area (Å²) in [6.07, 6.45) is -2.35. The number of nitrogens with zero attached hydrogens (tertiary/aromatic N) is 5. The van der Waals surface area contributed by atoms with Gasteiger partial charge in [0.25, 0.3) is 0 Å². The number of aliphatic imine (C=N–C) groups is 1. The number of alkyl halides is 3. The maximum atomic E-state index is 12.7. The van der Waals surface area contributed by atoms with Gasteiger partial charge in [-0.1, -0.05) is 68.1 Å². The number of thioether (sulfide) groups is 1. The Balaban J connectivity index is 1.17. The number of ether oxygens (including phenoxy) is 1. The number of carbonyl (C=O) groups is 1. The summed E-state index contributed by atoms with van der Waals surface area (Å²) in [4.78, 5) is 23.5. The van der Waals surface area contributed by atoms with Crippen molar-refractivity contribution in [2.75, 3.05) is 23.7 Å². The van der Waals surface area contributed by atoms with Crippen LogP contribution >= 0.6 is 11.8 Å². The summed E-state index contributed by atoms with van der Waals surface area (Å²) in [6, 6.07) is 20.9. The number of amidine groups is 1. The summed E-state index contributed by atoms with van der Waals surface area (Å²) in [7, 11) is 0. The van der Waals surface area contributed by atoms with Crippen LogP contribution in [-0.2, 0) is 6.42 Å². The summed E-state index contributed by atoms with van der Waals surface area (Å²) in [5, 5.41) is 8.08. The second-order valence-electron chi connectivity index (χ2n) is 9.64. The lowest BCUT2D eigenvalue weighted by atomic mass is 10.00. The first kappa shape index (κ1) is 29.2. The Morgan fingerprint density at radius 1 is 1.10 bits per heavy atom. The van der Waals surface area contributed by atoms with E-state index in [1.807, 2.05) is 43.3 Å². The fraction of sp³-hybridized carbons (Fsp3) is 0.267. The number of hydrogen-bond acceptors (Lipinski definition) is 5. The molecule has 1 aliphatic rings. The molecule has 3 aromatic carbocycles. The van der Waals surface area contributed by atoms with Gasteiger partial charge in [0.1, 0.15) is 12.1 Å². The largest absolute Gasteiger partial charge is 0.573 e. The number of amides is 2. The standard InChI is InChI=1S/C30H29F3N6O2S/c1-3-21-6-4-5-7-26(21)38-16-17-42-29(38)36-28(40)34-18-20(2)22-8-10-23(11-9-22)27-35-19-39(37-27)24-12-14-25(15-13-24)41-30(31,32)33/h4-15,19-20H,3,16-18H2,1-2H3,(H,34,40)/b36-29-. The number of benzene rings is 3. The third-order valence-corrected chi connectivity index (χ3v) is 7.72. The van der Waals surface area contributed by atoms with Gasteiger partial charge in [-0.3, -0.25) is 0 Å². The lowest BCUT2D eigenvalue weighted by molar-refractivity contribution is -0.274. The average molecular weight is 595 g/mol. The summed E-state index contributed by atoms with van der Waals surface area (Å²) in [5.74, 6) is 1.08. The van der Waals surface area contributed by atoms with Crippen molar-refractivity contribution >= 4 is 28.6 Å². The third-order valence-electron chi connectivity index (χ3n) is 6.76. The maximum Gasteiger partial charge on any atom is 0.573 e. The Hall–Kier alpha value is -4.32. The highest BCUT2D eigenvalue weighted by Crippen LogP contribution is 2.29. The molecule has 0 aliphatic carbocycles. The van der Waals surface area contributed by atoms with Crippen LogP contribution in [0.2, 0.25) is 0 Å². The van der Waals surface area contributed by atoms with E-state index in [1.54, 1.807) is 11.8 Å². The van der Waals surface area contributed by atoms with Crippen molar-refractivity contribution < 1.29 is 22.7 Å². The molecule has 1 saturated heterocycles. The highest BCUT2D eigenvalue weighted by Gasteiger charge is 2.31. The predicted octanol–water partition coefficient (Wildman–Crippen LogP) is 6.82. The zero-order valence-electron chi connectivity index (χ0n) is 23.0. The van der Waals surface area contributed by atoms with Crippen LogP contribution in [0.25, 0.3) is 17.1 Å². The van der Waals surface area contributed by atoms with E-state index in [1.165, 1.54) is 40.8 Å². The van der Waals surface area contributed by atoms with Crippen molar-refractivity contribution in [1.82, 2.24) is 20.1 Å². The van der Waals surface area contributed by atoms with Gasteiger partial charge in [0, 0.05) is 30.1 Å². The first-order valence-electron chi connectivity index (χ1n) is 13.4. The quantitative estimate of drug-likeness (QED) is 0.241. The SMILES string of the molecule is CCc1ccccc1N1CCS/C1=N\C(=O)NCC(C)c1ccc(-c2ncn(-c3ccc(OC(F)(F)F)cc3)n2)cc1. The normalized spacial score (nSPS) is 15.2. The molecule has 2 amide bonds. The molecule has 0 spiro atoms. The van der Waals surface area contributed by atoms with Gasteiger partial charge in [0.2, 0.25) is 0 Å². The number of aromatic nitrogens is 3. The fourth-order valence-corrected chi connectivity index (χ4v) is 5.51. The highest BCUT2D eigenvalue weighted by atomic mass is 32.2. The van der Waals surface area contributed by atoms with Gasteiger partial charge in [0.05, 0.1) is 5.69 Å². The molecule has 12 heteroatoms. The second-order valence-corrected chi connectivity index (χ2v) is 10.7. The molecular weight excluding hydrogens is 565 g/mol. The van der Waals surface area contributed by atoms with Gasteiger partial charge in [-0.15, -0.1) is 18.3 Å². The molecule has 0 bridgehead atoms. The topological polar surface area (TPSA) is 84.6 Å². The van der Waals surface area contributed by atoms with Gasteiger partial charge < -0.3 is 15.0 Å². The smallest absolute Gasteiger partial charge is 0.406 e. The van der Waals surface area contributed by atoms with E-state index in [9.17, 15) is 18.0 Å². The predicted molar refractivity (Wildman–Crippen MR) is 158 cm³/mol. The van der Waals surface area contributed by atoms with E-state index in [4.69, 9.17) is 0 Å². The van der Waals surface area contributed by atoms with E-state index >= 15 is 0 Å². The van der Waals surface area contributed by atoms with Gasteiger partial charge >= 0.3 is 12.4 Å². The van der Waals surface area contributed by atoms with E-state index in [2.05, 4.69) is 49.1 Å². The Morgan fingerprint density at radius 2 is 1.83 bits per heavy atom. The van der Waals surface area contributed by atoms with Gasteiger partial charge in [-0.2, -0.15) is 4.99 Å². The van der Waals surface area contributed by atoms with Crippen LogP contribution in [0.5, 0.6) is 5.75 Å². The zero-order valence-corrected chi connectivity index (χ0v) is 23.8. The molecular formula is C30H29F3N6O2S. The summed E-state index contributed by atoms with van der Waals surface area (Å²) < 4.78 is 42.6. The number of nitrogens with one attached hydrogen (secondary N) is 1. The summed E-state index contributed by atoms with van der Waals surface area (Å²) in [5.41, 5.74) is 4.67. The molecule has 8 nitrogen and oxygen atoms in total. The molecule has 42 heavy (non-hydrogen) atoms. The molecule has 0 saturated carbocycles. The molecule has 1 fully saturated rings. The lowest BCUT2D eigenvalue weighted by Crippen LogP contribution is -2.29. The molecule has 1 aliphatic heterocycles. The van der Waals surface area contributed by atoms with E-state index in [0.29, 0.717) is 23.2 Å². The fourth-order valence-electron chi connectivity index (χ4n) is 4.56. The number of anilines is 1. The van der Waals surface area contributed by atoms with Crippen LogP contribution in [-0.4, -0.2) is 51.2 Å². The molecule has 4 aromatic rings. The molecule has 1 atom stereocenters. The van der Waals surface area contributed by atoms with Crippen LogP contribution < -0.4 is 15.0 Å². The number of halogens is 3. The third kappa shape index (κ3) is 7.11. The van der Waals surface area contributed by atoms with E-state index in [-0.39, 0.29) is 17.7 Å². The Kier molecular flexibility index (Phi) is 8.81. The number of aryl methyl sites for hydroxylation is 1. The number of para-hydroxylation sites is 1. The maximum absolute atomic E-state index is 12.7. The zero-order chi connectivity index (χ0) is 29.7. The van der Waals surface area contributed by atoms with Gasteiger partial charge in [0.15, 0.2) is 11.0 Å². The molecule has 0 radical (unpaired) electrons. The van der Waals surface area contributed by atoms with Crippen molar-refractivity contribution in [3.63, 3.8) is 0 Å². The number of urea groups is 1. The number of rotatable bonds is 8. The van der Waals surface area contributed by atoms with Crippen LogP contribution in [0.1, 0.15) is 30.9 Å². The lowest BCUT2D eigenvalue weighted by Gasteiger charge is -2.21. The minimum absolute atomic E-state index is 0.0410.